The molecule has 3 aromatic rings. The molecular formula is C20H26N6O. The summed E-state index contributed by atoms with van der Waals surface area (Å²) < 4.78 is 8.19. The van der Waals surface area contributed by atoms with Gasteiger partial charge in [0.05, 0.1) is 6.54 Å². The van der Waals surface area contributed by atoms with E-state index in [-0.39, 0.29) is 0 Å². The molecule has 1 aliphatic heterocycles. The van der Waals surface area contributed by atoms with Crippen LogP contribution in [-0.2, 0) is 26.1 Å². The zero-order chi connectivity index (χ0) is 18.6. The molecule has 142 valence electrons. The van der Waals surface area contributed by atoms with Gasteiger partial charge in [-0.05, 0) is 32.8 Å². The van der Waals surface area contributed by atoms with E-state index in [2.05, 4.69) is 45.3 Å². The molecule has 0 amide bonds. The van der Waals surface area contributed by atoms with Gasteiger partial charge < -0.3 is 19.6 Å². The predicted molar refractivity (Wildman–Crippen MR) is 106 cm³/mol. The van der Waals surface area contributed by atoms with Crippen molar-refractivity contribution >= 4 is 16.9 Å². The number of aliphatic imine (C=N–C) groups is 1. The largest absolute Gasteiger partial charge is 0.459 e. The second kappa shape index (κ2) is 7.82. The number of benzene rings is 1. The lowest BCUT2D eigenvalue weighted by Crippen LogP contribution is -2.37. The Morgan fingerprint density at radius 3 is 2.96 bits per heavy atom. The lowest BCUT2D eigenvalue weighted by Gasteiger charge is -2.14. The SMILES string of the molecule is CCNC(=NCc1nnc2n1CCCC2)NCc1oc2ccccc2c1C. The third-order valence-corrected chi connectivity index (χ3v) is 5.02. The molecule has 2 N–H and O–H groups in total. The summed E-state index contributed by atoms with van der Waals surface area (Å²) in [5.74, 6) is 3.70. The lowest BCUT2D eigenvalue weighted by molar-refractivity contribution is 0.507. The summed E-state index contributed by atoms with van der Waals surface area (Å²) in [6, 6.07) is 8.12. The van der Waals surface area contributed by atoms with Crippen molar-refractivity contribution in [2.45, 2.75) is 52.7 Å². The van der Waals surface area contributed by atoms with Crippen LogP contribution in [0.1, 0.15) is 42.7 Å². The fraction of sp³-hybridized carbons (Fsp3) is 0.450. The van der Waals surface area contributed by atoms with Crippen LogP contribution < -0.4 is 10.6 Å². The monoisotopic (exact) mass is 366 g/mol. The molecule has 2 aromatic heterocycles. The molecule has 27 heavy (non-hydrogen) atoms. The molecule has 3 heterocycles. The maximum Gasteiger partial charge on any atom is 0.192 e. The van der Waals surface area contributed by atoms with Crippen molar-refractivity contribution in [3.05, 3.63) is 47.2 Å². The number of aryl methyl sites for hydroxylation is 2. The van der Waals surface area contributed by atoms with E-state index in [4.69, 9.17) is 9.41 Å². The summed E-state index contributed by atoms with van der Waals surface area (Å²) in [4.78, 5) is 4.69. The van der Waals surface area contributed by atoms with Gasteiger partial charge in [-0.15, -0.1) is 10.2 Å². The molecule has 7 heteroatoms. The molecule has 0 bridgehead atoms. The van der Waals surface area contributed by atoms with Gasteiger partial charge in [-0.1, -0.05) is 18.2 Å². The van der Waals surface area contributed by atoms with Gasteiger partial charge in [0.15, 0.2) is 11.8 Å². The van der Waals surface area contributed by atoms with E-state index in [1.54, 1.807) is 0 Å². The van der Waals surface area contributed by atoms with Crippen molar-refractivity contribution in [1.29, 1.82) is 0 Å². The topological polar surface area (TPSA) is 80.3 Å². The fourth-order valence-corrected chi connectivity index (χ4v) is 3.53. The highest BCUT2D eigenvalue weighted by Crippen LogP contribution is 2.24. The van der Waals surface area contributed by atoms with Crippen LogP contribution in [0.5, 0.6) is 0 Å². The number of guanidine groups is 1. The van der Waals surface area contributed by atoms with E-state index in [0.29, 0.717) is 13.1 Å². The van der Waals surface area contributed by atoms with Gasteiger partial charge >= 0.3 is 0 Å². The van der Waals surface area contributed by atoms with Crippen LogP contribution in [0.25, 0.3) is 11.0 Å². The molecule has 0 radical (unpaired) electrons. The van der Waals surface area contributed by atoms with Gasteiger partial charge in [0.1, 0.15) is 23.7 Å². The number of furan rings is 1. The Labute approximate surface area is 158 Å². The normalized spacial score (nSPS) is 14.4. The van der Waals surface area contributed by atoms with Crippen molar-refractivity contribution in [2.75, 3.05) is 6.54 Å². The van der Waals surface area contributed by atoms with Gasteiger partial charge in [-0.2, -0.15) is 0 Å². The number of rotatable bonds is 5. The molecule has 0 saturated carbocycles. The van der Waals surface area contributed by atoms with Gasteiger partial charge in [-0.3, -0.25) is 0 Å². The number of hydrogen-bond acceptors (Lipinski definition) is 4. The van der Waals surface area contributed by atoms with E-state index in [1.165, 1.54) is 18.4 Å². The number of nitrogens with one attached hydrogen (secondary N) is 2. The quantitative estimate of drug-likeness (QED) is 0.536. The van der Waals surface area contributed by atoms with Crippen LogP contribution in [0.2, 0.25) is 0 Å². The molecule has 0 unspecified atom stereocenters. The van der Waals surface area contributed by atoms with E-state index in [9.17, 15) is 0 Å². The Morgan fingerprint density at radius 1 is 1.22 bits per heavy atom. The van der Waals surface area contributed by atoms with Crippen LogP contribution in [0.15, 0.2) is 33.7 Å². The number of aromatic nitrogens is 3. The van der Waals surface area contributed by atoms with Gasteiger partial charge in [0, 0.05) is 30.5 Å². The van der Waals surface area contributed by atoms with Crippen molar-refractivity contribution < 1.29 is 4.42 Å². The lowest BCUT2D eigenvalue weighted by atomic mass is 10.1. The van der Waals surface area contributed by atoms with Gasteiger partial charge in [0.2, 0.25) is 0 Å². The first-order chi connectivity index (χ1) is 13.3. The molecule has 7 nitrogen and oxygen atoms in total. The summed E-state index contributed by atoms with van der Waals surface area (Å²) in [6.45, 7) is 7.04. The third kappa shape index (κ3) is 3.67. The number of para-hydroxylation sites is 1. The smallest absolute Gasteiger partial charge is 0.192 e. The van der Waals surface area contributed by atoms with E-state index >= 15 is 0 Å². The summed E-state index contributed by atoms with van der Waals surface area (Å²) in [5.41, 5.74) is 2.09. The summed E-state index contributed by atoms with van der Waals surface area (Å²) in [5, 5.41) is 16.4. The van der Waals surface area contributed by atoms with Crippen LogP contribution in [-0.4, -0.2) is 27.3 Å². The average molecular weight is 366 g/mol. The van der Waals surface area contributed by atoms with Crippen molar-refractivity contribution in [2.24, 2.45) is 4.99 Å². The van der Waals surface area contributed by atoms with E-state index in [0.717, 1.165) is 53.8 Å². The van der Waals surface area contributed by atoms with Crippen molar-refractivity contribution in [3.63, 3.8) is 0 Å². The summed E-state index contributed by atoms with van der Waals surface area (Å²) in [6.07, 6.45) is 3.40. The van der Waals surface area contributed by atoms with Crippen LogP contribution in [0.3, 0.4) is 0 Å². The first kappa shape index (κ1) is 17.6. The van der Waals surface area contributed by atoms with Crippen molar-refractivity contribution in [3.8, 4) is 0 Å². The maximum atomic E-state index is 5.98. The van der Waals surface area contributed by atoms with Gasteiger partial charge in [-0.25, -0.2) is 4.99 Å². The van der Waals surface area contributed by atoms with Gasteiger partial charge in [0.25, 0.3) is 0 Å². The summed E-state index contributed by atoms with van der Waals surface area (Å²) in [7, 11) is 0. The summed E-state index contributed by atoms with van der Waals surface area (Å²) >= 11 is 0. The van der Waals surface area contributed by atoms with Crippen molar-refractivity contribution in [1.82, 2.24) is 25.4 Å². The molecule has 1 aliphatic rings. The first-order valence-electron chi connectivity index (χ1n) is 9.66. The highest BCUT2D eigenvalue weighted by molar-refractivity contribution is 5.82. The number of hydrogen-bond donors (Lipinski definition) is 2. The Hall–Kier alpha value is -2.83. The minimum Gasteiger partial charge on any atom is -0.459 e. The third-order valence-electron chi connectivity index (χ3n) is 5.02. The standard InChI is InChI=1S/C20H26N6O/c1-3-21-20(23-13-19-25-24-18-10-6-7-11-26(18)19)22-12-17-14(2)15-8-4-5-9-16(15)27-17/h4-5,8-9H,3,6-7,10-13H2,1-2H3,(H2,21,22,23). The minimum absolute atomic E-state index is 0.515. The molecule has 4 rings (SSSR count). The molecule has 0 spiro atoms. The van der Waals surface area contributed by atoms with Crippen LogP contribution in [0, 0.1) is 6.92 Å². The number of fused-ring (bicyclic) bond motifs is 2. The molecule has 0 atom stereocenters. The molecule has 0 aliphatic carbocycles. The zero-order valence-electron chi connectivity index (χ0n) is 16.0. The van der Waals surface area contributed by atoms with E-state index in [1.807, 2.05) is 18.2 Å². The zero-order valence-corrected chi connectivity index (χ0v) is 16.0. The molecule has 0 saturated heterocycles. The maximum absolute atomic E-state index is 5.98. The van der Waals surface area contributed by atoms with Crippen LogP contribution >= 0.6 is 0 Å². The number of nitrogens with zero attached hydrogens (tertiary/aromatic N) is 4. The van der Waals surface area contributed by atoms with E-state index < -0.39 is 0 Å². The Morgan fingerprint density at radius 2 is 2.11 bits per heavy atom. The molecule has 1 aromatic carbocycles. The minimum atomic E-state index is 0.515. The Kier molecular flexibility index (Phi) is 5.09. The fourth-order valence-electron chi connectivity index (χ4n) is 3.53. The average Bonchev–Trinajstić information content (AvgIpc) is 3.25. The second-order valence-electron chi connectivity index (χ2n) is 6.84. The molecule has 0 fully saturated rings. The molecular weight excluding hydrogens is 340 g/mol. The highest BCUT2D eigenvalue weighted by Gasteiger charge is 2.15. The highest BCUT2D eigenvalue weighted by atomic mass is 16.3. The van der Waals surface area contributed by atoms with Crippen LogP contribution in [0.4, 0.5) is 0 Å². The Bertz CT molecular complexity index is 955. The predicted octanol–water partition coefficient (Wildman–Crippen LogP) is 2.92. The first-order valence-corrected chi connectivity index (χ1v) is 9.66. The second-order valence-corrected chi connectivity index (χ2v) is 6.84. The Balaban J connectivity index is 1.46.